The maximum Gasteiger partial charge on any atom is 0.311 e. The number of nitrogens with zero attached hydrogens (tertiary/aromatic N) is 1. The van der Waals surface area contributed by atoms with E-state index in [0.717, 1.165) is 23.5 Å². The van der Waals surface area contributed by atoms with Crippen molar-refractivity contribution in [1.82, 2.24) is 4.98 Å². The Morgan fingerprint density at radius 2 is 2.17 bits per heavy atom. The van der Waals surface area contributed by atoms with E-state index in [-0.39, 0.29) is 18.5 Å². The van der Waals surface area contributed by atoms with Crippen LogP contribution in [0.3, 0.4) is 0 Å². The summed E-state index contributed by atoms with van der Waals surface area (Å²) in [5, 5.41) is 2.87. The van der Waals surface area contributed by atoms with Crippen molar-refractivity contribution in [1.29, 1.82) is 0 Å². The van der Waals surface area contributed by atoms with Crippen molar-refractivity contribution in [3.63, 3.8) is 0 Å². The Labute approximate surface area is 112 Å². The number of esters is 1. The lowest BCUT2D eigenvalue weighted by atomic mass is 10.2. The van der Waals surface area contributed by atoms with Gasteiger partial charge < -0.3 is 9.47 Å². The van der Waals surface area contributed by atoms with E-state index < -0.39 is 0 Å². The van der Waals surface area contributed by atoms with Crippen molar-refractivity contribution >= 4 is 17.3 Å². The predicted molar refractivity (Wildman–Crippen MR) is 71.7 cm³/mol. The highest BCUT2D eigenvalue weighted by Crippen LogP contribution is 2.26. The van der Waals surface area contributed by atoms with E-state index in [1.165, 1.54) is 0 Å². The zero-order chi connectivity index (χ0) is 13.4. The monoisotopic (exact) mass is 271 g/mol. The summed E-state index contributed by atoms with van der Waals surface area (Å²) in [5.41, 5.74) is 0.772. The Bertz CT molecular complexity index is 359. The van der Waals surface area contributed by atoms with E-state index in [2.05, 4.69) is 11.9 Å². The van der Waals surface area contributed by atoms with Gasteiger partial charge in [0.15, 0.2) is 0 Å². The molecular weight excluding hydrogens is 250 g/mol. The summed E-state index contributed by atoms with van der Waals surface area (Å²) >= 11 is 1.55. The molecule has 0 aliphatic rings. The summed E-state index contributed by atoms with van der Waals surface area (Å²) < 4.78 is 10.6. The first-order valence-corrected chi connectivity index (χ1v) is 7.30. The van der Waals surface area contributed by atoms with Crippen molar-refractivity contribution in [2.75, 3.05) is 13.2 Å². The molecule has 1 aromatic heterocycles. The third kappa shape index (κ3) is 4.74. The standard InChI is InChI=1S/C13H21NO3S/c1-4-7-11(16-5-2)13-14-10(9-18-13)8-12(15)17-6-3/h9,11H,4-8H2,1-3H3. The highest BCUT2D eigenvalue weighted by atomic mass is 32.1. The van der Waals surface area contributed by atoms with Gasteiger partial charge >= 0.3 is 5.97 Å². The SMILES string of the molecule is CCCC(OCC)c1nc(CC(=O)OCC)cs1. The molecule has 1 atom stereocenters. The molecule has 18 heavy (non-hydrogen) atoms. The van der Waals surface area contributed by atoms with Gasteiger partial charge in [-0.05, 0) is 20.3 Å². The number of thiazole rings is 1. The van der Waals surface area contributed by atoms with Crippen LogP contribution in [0.1, 0.15) is 50.4 Å². The maximum atomic E-state index is 11.4. The molecule has 0 fully saturated rings. The van der Waals surface area contributed by atoms with Crippen LogP contribution in [0, 0.1) is 0 Å². The summed E-state index contributed by atoms with van der Waals surface area (Å²) in [7, 11) is 0. The minimum atomic E-state index is -0.224. The van der Waals surface area contributed by atoms with Gasteiger partial charge in [0.1, 0.15) is 11.1 Å². The first-order valence-electron chi connectivity index (χ1n) is 6.42. The summed E-state index contributed by atoms with van der Waals surface area (Å²) in [6, 6.07) is 0. The van der Waals surface area contributed by atoms with Crippen molar-refractivity contribution in [2.24, 2.45) is 0 Å². The minimum absolute atomic E-state index is 0.0564. The lowest BCUT2D eigenvalue weighted by Crippen LogP contribution is -2.08. The number of hydrogen-bond acceptors (Lipinski definition) is 5. The van der Waals surface area contributed by atoms with Crippen LogP contribution in [0.25, 0.3) is 0 Å². The van der Waals surface area contributed by atoms with Gasteiger partial charge in [-0.25, -0.2) is 4.98 Å². The second kappa shape index (κ2) is 8.21. The van der Waals surface area contributed by atoms with Crippen LogP contribution in [0.15, 0.2) is 5.38 Å². The number of ether oxygens (including phenoxy) is 2. The van der Waals surface area contributed by atoms with Gasteiger partial charge in [-0.15, -0.1) is 11.3 Å². The first kappa shape index (κ1) is 15.1. The van der Waals surface area contributed by atoms with Gasteiger partial charge in [0.2, 0.25) is 0 Å². The van der Waals surface area contributed by atoms with E-state index in [1.54, 1.807) is 18.3 Å². The zero-order valence-electron chi connectivity index (χ0n) is 11.3. The third-order valence-corrected chi connectivity index (χ3v) is 3.38. The molecule has 0 aliphatic heterocycles. The second-order valence-corrected chi connectivity index (χ2v) is 4.78. The van der Waals surface area contributed by atoms with Crippen LogP contribution in [-0.4, -0.2) is 24.2 Å². The second-order valence-electron chi connectivity index (χ2n) is 3.89. The maximum absolute atomic E-state index is 11.4. The zero-order valence-corrected chi connectivity index (χ0v) is 12.1. The number of hydrogen-bond donors (Lipinski definition) is 0. The smallest absolute Gasteiger partial charge is 0.311 e. The number of carbonyl (C=O) groups is 1. The van der Waals surface area contributed by atoms with Gasteiger partial charge in [0, 0.05) is 12.0 Å². The molecule has 1 unspecified atom stereocenters. The van der Waals surface area contributed by atoms with Gasteiger partial charge in [-0.1, -0.05) is 13.3 Å². The summed E-state index contributed by atoms with van der Waals surface area (Å²) in [4.78, 5) is 15.8. The van der Waals surface area contributed by atoms with Crippen LogP contribution in [0.5, 0.6) is 0 Å². The molecule has 0 aromatic carbocycles. The minimum Gasteiger partial charge on any atom is -0.466 e. The quantitative estimate of drug-likeness (QED) is 0.682. The summed E-state index contributed by atoms with van der Waals surface area (Å²) in [6.07, 6.45) is 2.31. The molecule has 0 saturated carbocycles. The summed E-state index contributed by atoms with van der Waals surface area (Å²) in [6.45, 7) is 7.00. The van der Waals surface area contributed by atoms with Crippen LogP contribution >= 0.6 is 11.3 Å². The van der Waals surface area contributed by atoms with Gasteiger partial charge in [0.05, 0.1) is 18.7 Å². The fraction of sp³-hybridized carbons (Fsp3) is 0.692. The van der Waals surface area contributed by atoms with E-state index in [1.807, 2.05) is 12.3 Å². The predicted octanol–water partition coefficient (Wildman–Crippen LogP) is 3.13. The normalized spacial score (nSPS) is 12.4. The van der Waals surface area contributed by atoms with Crippen molar-refractivity contribution < 1.29 is 14.3 Å². The summed E-state index contributed by atoms with van der Waals surface area (Å²) in [5.74, 6) is -0.224. The average molecular weight is 271 g/mol. The lowest BCUT2D eigenvalue weighted by Gasteiger charge is -2.12. The van der Waals surface area contributed by atoms with Crippen molar-refractivity contribution in [3.8, 4) is 0 Å². The fourth-order valence-electron chi connectivity index (χ4n) is 1.65. The molecule has 4 nitrogen and oxygen atoms in total. The lowest BCUT2D eigenvalue weighted by molar-refractivity contribution is -0.142. The molecule has 0 saturated heterocycles. The Hall–Kier alpha value is -0.940. The molecule has 1 heterocycles. The van der Waals surface area contributed by atoms with Crippen molar-refractivity contribution in [2.45, 2.75) is 46.1 Å². The topological polar surface area (TPSA) is 48.4 Å². The van der Waals surface area contributed by atoms with Crippen LogP contribution in [-0.2, 0) is 20.7 Å². The van der Waals surface area contributed by atoms with Crippen molar-refractivity contribution in [3.05, 3.63) is 16.1 Å². The van der Waals surface area contributed by atoms with Gasteiger partial charge in [-0.3, -0.25) is 4.79 Å². The Morgan fingerprint density at radius 3 is 2.78 bits per heavy atom. The van der Waals surface area contributed by atoms with E-state index >= 15 is 0 Å². The van der Waals surface area contributed by atoms with Gasteiger partial charge in [0.25, 0.3) is 0 Å². The molecule has 0 aliphatic carbocycles. The van der Waals surface area contributed by atoms with Crippen LogP contribution in [0.4, 0.5) is 0 Å². The molecule has 5 heteroatoms. The molecule has 0 bridgehead atoms. The average Bonchev–Trinajstić information content (AvgIpc) is 2.77. The van der Waals surface area contributed by atoms with E-state index in [0.29, 0.717) is 13.2 Å². The molecule has 0 spiro atoms. The molecule has 1 rings (SSSR count). The molecule has 0 radical (unpaired) electrons. The molecule has 102 valence electrons. The molecule has 0 N–H and O–H groups in total. The first-order chi connectivity index (χ1) is 8.71. The third-order valence-electron chi connectivity index (χ3n) is 2.39. The molecule has 1 aromatic rings. The fourth-order valence-corrected chi connectivity index (χ4v) is 2.55. The van der Waals surface area contributed by atoms with Crippen LogP contribution in [0.2, 0.25) is 0 Å². The number of carbonyl (C=O) groups excluding carboxylic acids is 1. The van der Waals surface area contributed by atoms with Crippen LogP contribution < -0.4 is 0 Å². The Balaban J connectivity index is 2.62. The Kier molecular flexibility index (Phi) is 6.90. The molecule has 0 amide bonds. The number of rotatable bonds is 8. The Morgan fingerprint density at radius 1 is 1.39 bits per heavy atom. The highest BCUT2D eigenvalue weighted by Gasteiger charge is 2.16. The largest absolute Gasteiger partial charge is 0.466 e. The van der Waals surface area contributed by atoms with E-state index in [4.69, 9.17) is 9.47 Å². The highest BCUT2D eigenvalue weighted by molar-refractivity contribution is 7.09. The van der Waals surface area contributed by atoms with Gasteiger partial charge in [-0.2, -0.15) is 0 Å². The van der Waals surface area contributed by atoms with E-state index in [9.17, 15) is 4.79 Å². The number of aromatic nitrogens is 1. The molecular formula is C13H21NO3S.